The molecule has 4 nitrogen and oxygen atoms in total. The predicted octanol–water partition coefficient (Wildman–Crippen LogP) is 10.1. The minimum Gasteiger partial charge on any atom is -0.300 e. The highest BCUT2D eigenvalue weighted by Crippen LogP contribution is 2.37. The molecule has 0 spiro atoms. The fraction of sp³-hybridized carbons (Fsp3) is 0.590. The first-order valence-corrected chi connectivity index (χ1v) is 16.6. The summed E-state index contributed by atoms with van der Waals surface area (Å²) in [6, 6.07) is 4.06. The van der Waals surface area contributed by atoms with Gasteiger partial charge in [0.1, 0.15) is 17.3 Å². The summed E-state index contributed by atoms with van der Waals surface area (Å²) < 4.78 is 0. The molecule has 2 rings (SSSR count). The van der Waals surface area contributed by atoms with Crippen LogP contribution in [0.15, 0.2) is 48.6 Å². The van der Waals surface area contributed by atoms with Gasteiger partial charge < -0.3 is 0 Å². The molecule has 0 fully saturated rings. The van der Waals surface area contributed by atoms with Crippen LogP contribution in [0.1, 0.15) is 140 Å². The van der Waals surface area contributed by atoms with Gasteiger partial charge in [0.25, 0.3) is 0 Å². The van der Waals surface area contributed by atoms with E-state index >= 15 is 0 Å². The highest BCUT2D eigenvalue weighted by molar-refractivity contribution is 6.01. The highest BCUT2D eigenvalue weighted by atomic mass is 16.1. The van der Waals surface area contributed by atoms with Crippen LogP contribution >= 0.6 is 0 Å². The van der Waals surface area contributed by atoms with Crippen LogP contribution in [-0.2, 0) is 27.2 Å². The van der Waals surface area contributed by atoms with E-state index in [2.05, 4.69) is 20.8 Å². The minimum absolute atomic E-state index is 0.0145. The van der Waals surface area contributed by atoms with Gasteiger partial charge in [0.05, 0.1) is 6.42 Å². The highest BCUT2D eigenvalue weighted by Gasteiger charge is 2.33. The van der Waals surface area contributed by atoms with Crippen molar-refractivity contribution < 1.29 is 19.2 Å². The van der Waals surface area contributed by atoms with Gasteiger partial charge in [-0.05, 0) is 88.8 Å². The van der Waals surface area contributed by atoms with E-state index in [0.717, 1.165) is 60.8 Å². The van der Waals surface area contributed by atoms with E-state index in [0.29, 0.717) is 19.3 Å². The summed E-state index contributed by atoms with van der Waals surface area (Å²) in [5.41, 5.74) is 3.79. The first-order valence-electron chi connectivity index (χ1n) is 16.6. The van der Waals surface area contributed by atoms with Crippen molar-refractivity contribution in [1.82, 2.24) is 0 Å². The third-order valence-corrected chi connectivity index (χ3v) is 7.78. The Hall–Kier alpha value is -2.88. The second-order valence-electron chi connectivity index (χ2n) is 11.8. The summed E-state index contributed by atoms with van der Waals surface area (Å²) in [6.45, 7) is 17.8. The molecule has 1 aliphatic rings. The molecule has 0 radical (unpaired) electrons. The third kappa shape index (κ3) is 15.4. The number of ketones is 4. The Morgan fingerprint density at radius 1 is 0.953 bits per heavy atom. The monoisotopic (exact) mass is 592 g/mol. The van der Waals surface area contributed by atoms with Crippen molar-refractivity contribution in [3.05, 3.63) is 70.8 Å². The zero-order chi connectivity index (χ0) is 32.8. The Bertz CT molecular complexity index is 1080. The van der Waals surface area contributed by atoms with Crippen molar-refractivity contribution in [3.8, 4) is 0 Å². The number of allylic oxidation sites excluding steroid dienone is 6. The molecule has 43 heavy (non-hydrogen) atoms. The maximum Gasteiger partial charge on any atom is 0.163 e. The number of Topliss-reactive ketones (excluding diaryl/α,β-unsaturated/α-hetero) is 4. The molecule has 0 aromatic heterocycles. The Morgan fingerprint density at radius 3 is 2.09 bits per heavy atom. The van der Waals surface area contributed by atoms with Gasteiger partial charge in [-0.2, -0.15) is 0 Å². The topological polar surface area (TPSA) is 68.3 Å². The Labute approximate surface area is 263 Å². The lowest BCUT2D eigenvalue weighted by molar-refractivity contribution is -0.130. The molecule has 0 heterocycles. The number of fused-ring (bicyclic) bond motifs is 1. The quantitative estimate of drug-likeness (QED) is 0.115. The molecule has 0 saturated heterocycles. The van der Waals surface area contributed by atoms with Crippen LogP contribution in [0.5, 0.6) is 0 Å². The van der Waals surface area contributed by atoms with Crippen LogP contribution in [0, 0.1) is 24.7 Å². The fourth-order valence-electron chi connectivity index (χ4n) is 5.89. The molecular weight excluding hydrogens is 532 g/mol. The molecule has 0 bridgehead atoms. The van der Waals surface area contributed by atoms with Crippen LogP contribution in [0.25, 0.3) is 0 Å². The second-order valence-corrected chi connectivity index (χ2v) is 11.8. The predicted molar refractivity (Wildman–Crippen MR) is 183 cm³/mol. The lowest BCUT2D eigenvalue weighted by Gasteiger charge is -2.32. The van der Waals surface area contributed by atoms with Crippen molar-refractivity contribution in [2.75, 3.05) is 0 Å². The fourth-order valence-corrected chi connectivity index (χ4v) is 5.89. The first kappa shape index (κ1) is 40.1. The number of hydrogen-bond acceptors (Lipinski definition) is 4. The smallest absolute Gasteiger partial charge is 0.163 e. The normalized spacial score (nSPS) is 15.8. The van der Waals surface area contributed by atoms with Gasteiger partial charge in [0, 0.05) is 30.7 Å². The number of rotatable bonds is 15. The van der Waals surface area contributed by atoms with E-state index in [1.807, 2.05) is 83.2 Å². The molecule has 0 saturated carbocycles. The summed E-state index contributed by atoms with van der Waals surface area (Å²) >= 11 is 0. The van der Waals surface area contributed by atoms with Crippen molar-refractivity contribution in [2.45, 2.75) is 133 Å². The Kier molecular flexibility index (Phi) is 22.0. The van der Waals surface area contributed by atoms with E-state index < -0.39 is 0 Å². The summed E-state index contributed by atoms with van der Waals surface area (Å²) in [4.78, 5) is 49.9. The molecule has 1 aliphatic carbocycles. The molecule has 0 amide bonds. The van der Waals surface area contributed by atoms with E-state index in [1.54, 1.807) is 0 Å². The van der Waals surface area contributed by atoms with Crippen molar-refractivity contribution in [1.29, 1.82) is 0 Å². The molecule has 3 atom stereocenters. The number of carbonyl (C=O) groups is 4. The van der Waals surface area contributed by atoms with Crippen LogP contribution < -0.4 is 0 Å². The lowest BCUT2D eigenvalue weighted by atomic mass is 9.72. The molecule has 1 aromatic carbocycles. The Morgan fingerprint density at radius 2 is 1.58 bits per heavy atom. The lowest BCUT2D eigenvalue weighted by Crippen LogP contribution is -2.30. The number of carbonyl (C=O) groups excluding carboxylic acids is 4. The van der Waals surface area contributed by atoms with Gasteiger partial charge in [-0.1, -0.05) is 95.5 Å². The summed E-state index contributed by atoms with van der Waals surface area (Å²) in [7, 11) is 0. The van der Waals surface area contributed by atoms with Crippen LogP contribution in [0.2, 0.25) is 0 Å². The maximum absolute atomic E-state index is 13.2. The maximum atomic E-state index is 13.2. The average Bonchev–Trinajstić information content (AvgIpc) is 2.94. The van der Waals surface area contributed by atoms with Crippen molar-refractivity contribution in [2.24, 2.45) is 17.8 Å². The summed E-state index contributed by atoms with van der Waals surface area (Å²) in [5, 5.41) is 0. The van der Waals surface area contributed by atoms with E-state index in [9.17, 15) is 19.2 Å². The summed E-state index contributed by atoms with van der Waals surface area (Å²) in [5.74, 6) is 0.635. The molecule has 1 aromatic rings. The van der Waals surface area contributed by atoms with E-state index in [1.165, 1.54) is 13.3 Å². The molecular formula is C39H60O4. The Balaban J connectivity index is 0.00000171. The van der Waals surface area contributed by atoms with Gasteiger partial charge in [-0.25, -0.2) is 0 Å². The van der Waals surface area contributed by atoms with Crippen LogP contribution in [0.3, 0.4) is 0 Å². The van der Waals surface area contributed by atoms with Gasteiger partial charge in [-0.3, -0.25) is 19.2 Å². The van der Waals surface area contributed by atoms with Gasteiger partial charge in [0.2, 0.25) is 0 Å². The molecule has 0 aliphatic heterocycles. The van der Waals surface area contributed by atoms with E-state index in [4.69, 9.17) is 0 Å². The largest absolute Gasteiger partial charge is 0.300 e. The molecule has 3 unspecified atom stereocenters. The SMILES string of the molecule is C/C=C\C=C/C.C/C=C\CCC(=O)Cc1ccc2c(c1C)C(=O)CC(CC(CCC)C(CC)C(=O)CC(C)=O)C2.CCC. The van der Waals surface area contributed by atoms with Crippen molar-refractivity contribution in [3.63, 3.8) is 0 Å². The van der Waals surface area contributed by atoms with Gasteiger partial charge in [0.15, 0.2) is 5.78 Å². The molecule has 0 N–H and O–H groups in total. The second kappa shape index (κ2) is 23.6. The molecule has 4 heteroatoms. The zero-order valence-electron chi connectivity index (χ0n) is 28.8. The zero-order valence-corrected chi connectivity index (χ0v) is 28.8. The van der Waals surface area contributed by atoms with Gasteiger partial charge >= 0.3 is 0 Å². The van der Waals surface area contributed by atoms with E-state index in [-0.39, 0.29) is 47.3 Å². The van der Waals surface area contributed by atoms with Crippen LogP contribution in [-0.4, -0.2) is 23.1 Å². The molecule has 240 valence electrons. The number of hydrogen-bond donors (Lipinski definition) is 0. The van der Waals surface area contributed by atoms with Gasteiger partial charge in [-0.15, -0.1) is 0 Å². The third-order valence-electron chi connectivity index (χ3n) is 7.78. The van der Waals surface area contributed by atoms with Crippen LogP contribution in [0.4, 0.5) is 0 Å². The average molecular weight is 593 g/mol. The number of benzene rings is 1. The first-order chi connectivity index (χ1) is 20.5. The summed E-state index contributed by atoms with van der Waals surface area (Å²) in [6.07, 6.45) is 19.7. The minimum atomic E-state index is -0.113. The van der Waals surface area contributed by atoms with Crippen molar-refractivity contribution >= 4 is 23.1 Å². The standard InChI is InChI=1S/C30H42O4.C6H10.C3H8/c1-6-9-10-12-26(32)19-23-13-14-25-17-22(18-29(34)30(25)21(23)5)16-24(11-7-2)27(8-3)28(33)15-20(4)31;1-3-5-6-4-2;1-3-2/h6,9,13-14,22,24,27H,7-8,10-12,15-19H2,1-5H3;3-6H,1-2H3;3H2,1-2H3/b9-6-;5-3-,6-4-;.